The second-order valence-corrected chi connectivity index (χ2v) is 19.2. The molecule has 6 nitrogen and oxygen atoms in total. The Morgan fingerprint density at radius 1 is 0.350 bits per heavy atom. The van der Waals surface area contributed by atoms with Gasteiger partial charge in [0, 0.05) is 19.3 Å². The lowest BCUT2D eigenvalue weighted by Gasteiger charge is -2.18. The van der Waals surface area contributed by atoms with Crippen LogP contribution in [0.2, 0.25) is 0 Å². The molecule has 2 atom stereocenters. The van der Waals surface area contributed by atoms with Crippen molar-refractivity contribution in [2.45, 2.75) is 304 Å². The van der Waals surface area contributed by atoms with Crippen molar-refractivity contribution in [1.82, 2.24) is 0 Å². The maximum atomic E-state index is 12.7. The van der Waals surface area contributed by atoms with Crippen molar-refractivity contribution in [1.29, 1.82) is 0 Å². The highest BCUT2D eigenvalue weighted by atomic mass is 16.6. The largest absolute Gasteiger partial charge is 0.462 e. The van der Waals surface area contributed by atoms with Gasteiger partial charge < -0.3 is 14.2 Å². The summed E-state index contributed by atoms with van der Waals surface area (Å²) in [5.41, 5.74) is 0. The summed E-state index contributed by atoms with van der Waals surface area (Å²) in [4.78, 5) is 37.8. The van der Waals surface area contributed by atoms with Gasteiger partial charge in [-0.3, -0.25) is 14.4 Å². The first-order chi connectivity index (χ1) is 29.3. The zero-order valence-electron chi connectivity index (χ0n) is 41.1. The number of hydrogen-bond acceptors (Lipinski definition) is 6. The second kappa shape index (κ2) is 46.9. The summed E-state index contributed by atoms with van der Waals surface area (Å²) in [6.07, 6.45) is 48.2. The molecular weight excluding hydrogens is 745 g/mol. The van der Waals surface area contributed by atoms with E-state index in [9.17, 15) is 14.4 Å². The van der Waals surface area contributed by atoms with Crippen molar-refractivity contribution in [2.75, 3.05) is 13.2 Å². The Labute approximate surface area is 374 Å². The molecule has 0 amide bonds. The number of ether oxygens (including phenoxy) is 3. The highest BCUT2D eigenvalue weighted by Crippen LogP contribution is 2.18. The number of esters is 3. The molecular formula is C54H104O6. The molecule has 0 fully saturated rings. The number of carbonyl (C=O) groups is 3. The molecule has 0 bridgehead atoms. The Bertz CT molecular complexity index is 918. The van der Waals surface area contributed by atoms with Gasteiger partial charge in [0.25, 0.3) is 0 Å². The molecule has 0 aliphatic carbocycles. The van der Waals surface area contributed by atoms with Crippen LogP contribution in [0.1, 0.15) is 298 Å². The number of rotatable bonds is 48. The molecule has 0 N–H and O–H groups in total. The fraction of sp³-hybridized carbons (Fsp3) is 0.944. The molecule has 0 saturated heterocycles. The van der Waals surface area contributed by atoms with Gasteiger partial charge in [-0.05, 0) is 31.1 Å². The second-order valence-electron chi connectivity index (χ2n) is 19.2. The molecule has 0 saturated carbocycles. The van der Waals surface area contributed by atoms with Gasteiger partial charge in [0.15, 0.2) is 6.10 Å². The molecule has 0 aliphatic rings. The van der Waals surface area contributed by atoms with Crippen molar-refractivity contribution in [3.8, 4) is 0 Å². The van der Waals surface area contributed by atoms with Gasteiger partial charge in [-0.25, -0.2) is 0 Å². The van der Waals surface area contributed by atoms with E-state index in [1.54, 1.807) is 0 Å². The average molecular weight is 849 g/mol. The minimum Gasteiger partial charge on any atom is -0.462 e. The van der Waals surface area contributed by atoms with Gasteiger partial charge in [-0.15, -0.1) is 0 Å². The van der Waals surface area contributed by atoms with Crippen molar-refractivity contribution < 1.29 is 28.6 Å². The summed E-state index contributed by atoms with van der Waals surface area (Å²) in [6, 6.07) is 0. The predicted octanol–water partition coefficient (Wildman–Crippen LogP) is 17.3. The fourth-order valence-corrected chi connectivity index (χ4v) is 8.13. The highest BCUT2D eigenvalue weighted by molar-refractivity contribution is 5.71. The SMILES string of the molecule is CCCCCCCCCC(=O)O[C@@H](COC(=O)CCCCCCCCCCCCCCCCCCCCC(C)C)COC(=O)CCCCCCCCCCCCC(C)CC. The Morgan fingerprint density at radius 2 is 0.633 bits per heavy atom. The van der Waals surface area contributed by atoms with Gasteiger partial charge in [0.2, 0.25) is 0 Å². The Morgan fingerprint density at radius 3 is 0.950 bits per heavy atom. The standard InChI is InChI=1S/C54H104O6/c1-6-8-9-10-27-36-41-46-54(57)60-51(48-59-53(56)45-40-35-31-26-22-21-24-29-33-38-43-50(5)7-2)47-58-52(55)44-39-34-30-25-20-18-16-14-12-11-13-15-17-19-23-28-32-37-42-49(3)4/h49-51H,6-48H2,1-5H3/t50?,51-/m0/s1. The van der Waals surface area contributed by atoms with Crippen LogP contribution in [0.3, 0.4) is 0 Å². The zero-order chi connectivity index (χ0) is 44.0. The van der Waals surface area contributed by atoms with Crippen molar-refractivity contribution in [3.63, 3.8) is 0 Å². The summed E-state index contributed by atoms with van der Waals surface area (Å²) < 4.78 is 16.8. The number of unbranched alkanes of at least 4 members (excludes halogenated alkanes) is 32. The van der Waals surface area contributed by atoms with Gasteiger partial charge >= 0.3 is 17.9 Å². The lowest BCUT2D eigenvalue weighted by Crippen LogP contribution is -2.30. The molecule has 6 heteroatoms. The highest BCUT2D eigenvalue weighted by Gasteiger charge is 2.19. The van der Waals surface area contributed by atoms with Crippen LogP contribution in [0, 0.1) is 11.8 Å². The van der Waals surface area contributed by atoms with E-state index in [1.807, 2.05) is 0 Å². The van der Waals surface area contributed by atoms with Crippen LogP contribution in [-0.4, -0.2) is 37.2 Å². The maximum Gasteiger partial charge on any atom is 0.306 e. The first-order valence-corrected chi connectivity index (χ1v) is 26.8. The monoisotopic (exact) mass is 849 g/mol. The van der Waals surface area contributed by atoms with Crippen LogP contribution in [0.25, 0.3) is 0 Å². The first-order valence-electron chi connectivity index (χ1n) is 26.8. The molecule has 1 unspecified atom stereocenters. The van der Waals surface area contributed by atoms with E-state index in [4.69, 9.17) is 14.2 Å². The molecule has 0 spiro atoms. The molecule has 356 valence electrons. The van der Waals surface area contributed by atoms with Crippen molar-refractivity contribution in [2.24, 2.45) is 11.8 Å². The van der Waals surface area contributed by atoms with E-state index >= 15 is 0 Å². The molecule has 0 radical (unpaired) electrons. The molecule has 0 aromatic rings. The minimum absolute atomic E-state index is 0.0641. The summed E-state index contributed by atoms with van der Waals surface area (Å²) in [6.45, 7) is 11.4. The Balaban J connectivity index is 4.11. The third-order valence-corrected chi connectivity index (χ3v) is 12.6. The predicted molar refractivity (Wildman–Crippen MR) is 256 cm³/mol. The molecule has 60 heavy (non-hydrogen) atoms. The van der Waals surface area contributed by atoms with E-state index in [1.165, 1.54) is 186 Å². The number of hydrogen-bond donors (Lipinski definition) is 0. The molecule has 0 heterocycles. The van der Waals surface area contributed by atoms with Crippen LogP contribution in [0.5, 0.6) is 0 Å². The Kier molecular flexibility index (Phi) is 45.7. The molecule has 0 rings (SSSR count). The summed E-state index contributed by atoms with van der Waals surface area (Å²) in [7, 11) is 0. The lowest BCUT2D eigenvalue weighted by molar-refractivity contribution is -0.167. The quantitative estimate of drug-likeness (QED) is 0.0345. The van der Waals surface area contributed by atoms with Gasteiger partial charge in [0.05, 0.1) is 0 Å². The van der Waals surface area contributed by atoms with Crippen molar-refractivity contribution in [3.05, 3.63) is 0 Å². The number of carbonyl (C=O) groups excluding carboxylic acids is 3. The average Bonchev–Trinajstić information content (AvgIpc) is 3.23. The van der Waals surface area contributed by atoms with E-state index in [0.717, 1.165) is 69.6 Å². The van der Waals surface area contributed by atoms with Crippen LogP contribution in [0.15, 0.2) is 0 Å². The van der Waals surface area contributed by atoms with Crippen LogP contribution in [0.4, 0.5) is 0 Å². The van der Waals surface area contributed by atoms with E-state index in [-0.39, 0.29) is 31.1 Å². The summed E-state index contributed by atoms with van der Waals surface area (Å²) in [5.74, 6) is 0.875. The third kappa shape index (κ3) is 45.9. The van der Waals surface area contributed by atoms with E-state index < -0.39 is 6.10 Å². The Hall–Kier alpha value is -1.59. The van der Waals surface area contributed by atoms with Gasteiger partial charge in [-0.2, -0.15) is 0 Å². The van der Waals surface area contributed by atoms with Crippen LogP contribution in [-0.2, 0) is 28.6 Å². The maximum absolute atomic E-state index is 12.7. The minimum atomic E-state index is -0.760. The first kappa shape index (κ1) is 58.4. The topological polar surface area (TPSA) is 78.9 Å². The molecule has 0 aliphatic heterocycles. The fourth-order valence-electron chi connectivity index (χ4n) is 8.13. The van der Waals surface area contributed by atoms with Crippen molar-refractivity contribution >= 4 is 17.9 Å². The zero-order valence-corrected chi connectivity index (χ0v) is 41.1. The smallest absolute Gasteiger partial charge is 0.306 e. The molecule has 0 aromatic carbocycles. The van der Waals surface area contributed by atoms with Crippen LogP contribution >= 0.6 is 0 Å². The third-order valence-electron chi connectivity index (χ3n) is 12.6. The molecule has 0 aromatic heterocycles. The summed E-state index contributed by atoms with van der Waals surface area (Å²) >= 11 is 0. The van der Waals surface area contributed by atoms with Gasteiger partial charge in [0.1, 0.15) is 13.2 Å². The van der Waals surface area contributed by atoms with E-state index in [2.05, 4.69) is 34.6 Å². The summed E-state index contributed by atoms with van der Waals surface area (Å²) in [5, 5.41) is 0. The normalized spacial score (nSPS) is 12.5. The van der Waals surface area contributed by atoms with Gasteiger partial charge in [-0.1, -0.05) is 259 Å². The van der Waals surface area contributed by atoms with E-state index in [0.29, 0.717) is 19.3 Å². The van der Waals surface area contributed by atoms with Crippen LogP contribution < -0.4 is 0 Å². The lowest BCUT2D eigenvalue weighted by atomic mass is 9.99.